The minimum Gasteiger partial charge on any atom is -0.394 e. The first kappa shape index (κ1) is 14.2. The zero-order chi connectivity index (χ0) is 12.5. The van der Waals surface area contributed by atoms with E-state index in [2.05, 4.69) is 0 Å². The van der Waals surface area contributed by atoms with Crippen LogP contribution in [-0.2, 0) is 4.74 Å². The van der Waals surface area contributed by atoms with Crippen molar-refractivity contribution in [2.75, 3.05) is 6.61 Å². The Hall–Kier alpha value is 0.150. The fourth-order valence-electron chi connectivity index (χ4n) is 1.51. The van der Waals surface area contributed by atoms with Crippen molar-refractivity contribution in [1.82, 2.24) is 0 Å². The number of hydrogen-bond acceptors (Lipinski definition) is 6. The van der Waals surface area contributed by atoms with Gasteiger partial charge < -0.3 is 25.2 Å². The maximum atomic E-state index is 9.75. The van der Waals surface area contributed by atoms with Crippen molar-refractivity contribution in [3.63, 3.8) is 0 Å². The van der Waals surface area contributed by atoms with Gasteiger partial charge in [-0.25, -0.2) is 0 Å². The third-order valence-electron chi connectivity index (χ3n) is 2.32. The van der Waals surface area contributed by atoms with Gasteiger partial charge in [0.15, 0.2) is 0 Å². The molecule has 1 fully saturated rings. The van der Waals surface area contributed by atoms with Crippen molar-refractivity contribution in [2.45, 2.75) is 55.4 Å². The van der Waals surface area contributed by atoms with Gasteiger partial charge in [-0.3, -0.25) is 0 Å². The average Bonchev–Trinajstić information content (AvgIpc) is 2.17. The summed E-state index contributed by atoms with van der Waals surface area (Å²) < 4.78 is 5.21. The van der Waals surface area contributed by atoms with Crippen LogP contribution in [0.3, 0.4) is 0 Å². The van der Waals surface area contributed by atoms with Crippen molar-refractivity contribution >= 4 is 11.8 Å². The second-order valence-electron chi connectivity index (χ2n) is 4.93. The maximum Gasteiger partial charge on any atom is 0.132 e. The third-order valence-corrected chi connectivity index (χ3v) is 3.65. The fourth-order valence-corrected chi connectivity index (χ4v) is 2.71. The Morgan fingerprint density at radius 2 is 1.62 bits per heavy atom. The quantitative estimate of drug-likeness (QED) is 0.520. The average molecular weight is 252 g/mol. The van der Waals surface area contributed by atoms with Crippen LogP contribution in [0.4, 0.5) is 0 Å². The smallest absolute Gasteiger partial charge is 0.132 e. The van der Waals surface area contributed by atoms with E-state index in [1.54, 1.807) is 0 Å². The number of thioether (sulfide) groups is 1. The summed E-state index contributed by atoms with van der Waals surface area (Å²) in [6.07, 6.45) is -4.54. The summed E-state index contributed by atoms with van der Waals surface area (Å²) in [6, 6.07) is 0. The first-order valence-electron chi connectivity index (χ1n) is 5.24. The number of aliphatic hydroxyl groups is 4. The van der Waals surface area contributed by atoms with Gasteiger partial charge in [0, 0.05) is 4.75 Å². The molecule has 5 nitrogen and oxygen atoms in total. The zero-order valence-corrected chi connectivity index (χ0v) is 10.5. The van der Waals surface area contributed by atoms with Gasteiger partial charge in [-0.05, 0) is 0 Å². The molecule has 16 heavy (non-hydrogen) atoms. The molecule has 0 aromatic rings. The summed E-state index contributed by atoms with van der Waals surface area (Å²) in [6.45, 7) is 5.49. The lowest BCUT2D eigenvalue weighted by molar-refractivity contribution is -0.205. The molecule has 1 rings (SSSR count). The van der Waals surface area contributed by atoms with Gasteiger partial charge in [0.05, 0.1) is 6.61 Å². The molecule has 1 heterocycles. The molecule has 0 unspecified atom stereocenters. The van der Waals surface area contributed by atoms with Crippen LogP contribution in [0.1, 0.15) is 20.8 Å². The van der Waals surface area contributed by atoms with Crippen LogP contribution in [0.5, 0.6) is 0 Å². The molecule has 4 N–H and O–H groups in total. The van der Waals surface area contributed by atoms with Crippen LogP contribution in [0.2, 0.25) is 0 Å². The highest BCUT2D eigenvalue weighted by Crippen LogP contribution is 2.35. The second-order valence-corrected chi connectivity index (χ2v) is 6.85. The summed E-state index contributed by atoms with van der Waals surface area (Å²) in [5, 5.41) is 37.9. The van der Waals surface area contributed by atoms with Crippen LogP contribution in [0, 0.1) is 0 Å². The molecule has 1 aliphatic heterocycles. The molecule has 5 atom stereocenters. The van der Waals surface area contributed by atoms with Crippen LogP contribution in [-0.4, -0.2) is 61.6 Å². The van der Waals surface area contributed by atoms with E-state index in [1.165, 1.54) is 11.8 Å². The highest BCUT2D eigenvalue weighted by molar-refractivity contribution is 8.01. The van der Waals surface area contributed by atoms with Gasteiger partial charge in [-0.1, -0.05) is 20.8 Å². The molecule has 0 aliphatic carbocycles. The van der Waals surface area contributed by atoms with E-state index in [0.29, 0.717) is 0 Å². The molecule has 0 saturated carbocycles. The van der Waals surface area contributed by atoms with Crippen molar-refractivity contribution < 1.29 is 25.2 Å². The summed E-state index contributed by atoms with van der Waals surface area (Å²) in [5.41, 5.74) is -0.643. The van der Waals surface area contributed by atoms with E-state index in [4.69, 9.17) is 9.84 Å². The molecule has 0 aromatic carbocycles. The number of ether oxygens (including phenoxy) is 1. The van der Waals surface area contributed by atoms with E-state index in [-0.39, 0.29) is 11.4 Å². The Balaban J connectivity index is 2.71. The van der Waals surface area contributed by atoms with Gasteiger partial charge >= 0.3 is 0 Å². The first-order valence-corrected chi connectivity index (χ1v) is 6.12. The Morgan fingerprint density at radius 1 is 1.06 bits per heavy atom. The Labute approximate surface area is 99.4 Å². The Bertz CT molecular complexity index is 228. The molecule has 0 amide bonds. The molecule has 6 heteroatoms. The fraction of sp³-hybridized carbons (Fsp3) is 1.00. The van der Waals surface area contributed by atoms with E-state index < -0.39 is 29.9 Å². The molecule has 0 bridgehead atoms. The lowest BCUT2D eigenvalue weighted by Gasteiger charge is -2.41. The highest BCUT2D eigenvalue weighted by atomic mass is 32.2. The second kappa shape index (κ2) is 5.20. The maximum absolute atomic E-state index is 9.75. The van der Waals surface area contributed by atoms with E-state index in [1.807, 2.05) is 20.8 Å². The van der Waals surface area contributed by atoms with Crippen molar-refractivity contribution in [3.8, 4) is 0 Å². The van der Waals surface area contributed by atoms with Crippen LogP contribution in [0.25, 0.3) is 0 Å². The summed E-state index contributed by atoms with van der Waals surface area (Å²) >= 11 is 1.36. The monoisotopic (exact) mass is 252 g/mol. The lowest BCUT2D eigenvalue weighted by Crippen LogP contribution is -2.58. The lowest BCUT2D eigenvalue weighted by atomic mass is 10.0. The molecule has 0 aromatic heterocycles. The molecule has 0 spiro atoms. The van der Waals surface area contributed by atoms with Gasteiger partial charge in [0.25, 0.3) is 0 Å². The SMILES string of the molecule is CC(C)(C)S[C@@H]1O[C@H](CO)[C@@H](O)[C@H](O)[C@@H]1O. The molecule has 1 saturated heterocycles. The molecule has 1 aliphatic rings. The van der Waals surface area contributed by atoms with E-state index in [9.17, 15) is 15.3 Å². The van der Waals surface area contributed by atoms with Gasteiger partial charge in [0.2, 0.25) is 0 Å². The van der Waals surface area contributed by atoms with Crippen molar-refractivity contribution in [2.24, 2.45) is 0 Å². The standard InChI is InChI=1S/C10H20O5S/c1-10(2,3)16-9-8(14)7(13)6(12)5(4-11)15-9/h5-9,11-14H,4H2,1-3H3/t5-,6-,7+,8+,9+/m1/s1. The predicted octanol–water partition coefficient (Wildman–Crippen LogP) is -0.682. The largest absolute Gasteiger partial charge is 0.394 e. The number of hydrogen-bond donors (Lipinski definition) is 4. The normalized spacial score (nSPS) is 41.1. The summed E-state index contributed by atoms with van der Waals surface area (Å²) in [4.78, 5) is 0. The van der Waals surface area contributed by atoms with E-state index in [0.717, 1.165) is 0 Å². The van der Waals surface area contributed by atoms with Crippen LogP contribution in [0.15, 0.2) is 0 Å². The van der Waals surface area contributed by atoms with E-state index >= 15 is 0 Å². The first-order chi connectivity index (χ1) is 7.26. The van der Waals surface area contributed by atoms with Gasteiger partial charge in [-0.15, -0.1) is 11.8 Å². The third kappa shape index (κ3) is 3.32. The molecular formula is C10H20O5S. The van der Waals surface area contributed by atoms with Crippen LogP contribution >= 0.6 is 11.8 Å². The van der Waals surface area contributed by atoms with Gasteiger partial charge in [-0.2, -0.15) is 0 Å². The topological polar surface area (TPSA) is 90.2 Å². The Kier molecular flexibility index (Phi) is 4.62. The minimum atomic E-state index is -1.29. The van der Waals surface area contributed by atoms with Crippen molar-refractivity contribution in [3.05, 3.63) is 0 Å². The number of rotatable bonds is 2. The van der Waals surface area contributed by atoms with Crippen LogP contribution < -0.4 is 0 Å². The molecular weight excluding hydrogens is 232 g/mol. The van der Waals surface area contributed by atoms with Crippen molar-refractivity contribution in [1.29, 1.82) is 0 Å². The minimum absolute atomic E-state index is 0.145. The Morgan fingerprint density at radius 3 is 2.06 bits per heavy atom. The van der Waals surface area contributed by atoms with Gasteiger partial charge in [0.1, 0.15) is 29.9 Å². The number of aliphatic hydroxyl groups excluding tert-OH is 4. The summed E-state index contributed by atoms with van der Waals surface area (Å²) in [7, 11) is 0. The molecule has 96 valence electrons. The predicted molar refractivity (Wildman–Crippen MR) is 61.1 cm³/mol. The highest BCUT2D eigenvalue weighted by Gasteiger charge is 2.44. The molecule has 0 radical (unpaired) electrons. The zero-order valence-electron chi connectivity index (χ0n) is 9.70. The summed E-state index contributed by atoms with van der Waals surface area (Å²) in [5.74, 6) is 0.